The van der Waals surface area contributed by atoms with Gasteiger partial charge in [-0.2, -0.15) is 0 Å². The summed E-state index contributed by atoms with van der Waals surface area (Å²) in [5.74, 6) is 0.542. The van der Waals surface area contributed by atoms with Crippen LogP contribution < -0.4 is 4.31 Å². The monoisotopic (exact) mass is 302 g/mol. The lowest BCUT2D eigenvalue weighted by atomic mass is 10.1. The molecule has 1 aromatic carbocycles. The number of nitrogens with zero attached hydrogens (tertiary/aromatic N) is 2. The van der Waals surface area contributed by atoms with E-state index >= 15 is 0 Å². The number of pyridine rings is 1. The topological polar surface area (TPSA) is 50.3 Å². The number of aryl methyl sites for hydroxylation is 1. The summed E-state index contributed by atoms with van der Waals surface area (Å²) in [5.41, 5.74) is 1.84. The van der Waals surface area contributed by atoms with Crippen molar-refractivity contribution in [3.63, 3.8) is 0 Å². The number of hydrogen-bond donors (Lipinski definition) is 0. The second-order valence-electron chi connectivity index (χ2n) is 5.40. The first kappa shape index (κ1) is 14.1. The van der Waals surface area contributed by atoms with Crippen LogP contribution in [-0.2, 0) is 15.8 Å². The number of hydrogen-bond acceptors (Lipinski definition) is 3. The fraction of sp³-hybridized carbons (Fsp3) is 0.312. The van der Waals surface area contributed by atoms with Crippen molar-refractivity contribution < 1.29 is 8.42 Å². The minimum absolute atomic E-state index is 0.0206. The van der Waals surface area contributed by atoms with Crippen LogP contribution in [0.5, 0.6) is 0 Å². The zero-order chi connectivity index (χ0) is 14.9. The first-order valence-corrected chi connectivity index (χ1v) is 8.66. The van der Waals surface area contributed by atoms with Crippen molar-refractivity contribution in [3.8, 4) is 0 Å². The van der Waals surface area contributed by atoms with Gasteiger partial charge in [-0.15, -0.1) is 0 Å². The Kier molecular flexibility index (Phi) is 3.68. The Morgan fingerprint density at radius 3 is 2.48 bits per heavy atom. The van der Waals surface area contributed by atoms with Crippen LogP contribution in [0, 0.1) is 6.92 Å². The number of aromatic nitrogens is 1. The van der Waals surface area contributed by atoms with Gasteiger partial charge in [0.15, 0.2) is 0 Å². The number of anilines is 1. The van der Waals surface area contributed by atoms with Crippen LogP contribution in [0.25, 0.3) is 0 Å². The Hall–Kier alpha value is -1.88. The molecule has 1 aromatic heterocycles. The maximum Gasteiger partial charge on any atom is 0.240 e. The number of rotatable bonds is 5. The molecule has 0 aliphatic heterocycles. The predicted molar refractivity (Wildman–Crippen MR) is 83.5 cm³/mol. The molecule has 1 aliphatic rings. The van der Waals surface area contributed by atoms with Crippen molar-refractivity contribution >= 4 is 15.8 Å². The summed E-state index contributed by atoms with van der Waals surface area (Å²) in [4.78, 5) is 4.22. The molecule has 2 aromatic rings. The average molecular weight is 302 g/mol. The predicted octanol–water partition coefficient (Wildman–Crippen LogP) is 2.89. The first-order chi connectivity index (χ1) is 10.1. The molecule has 0 spiro atoms. The van der Waals surface area contributed by atoms with Gasteiger partial charge < -0.3 is 0 Å². The highest BCUT2D eigenvalue weighted by Gasteiger charge is 2.38. The van der Waals surface area contributed by atoms with Gasteiger partial charge in [0, 0.05) is 12.2 Å². The quantitative estimate of drug-likeness (QED) is 0.853. The minimum atomic E-state index is -3.42. The summed E-state index contributed by atoms with van der Waals surface area (Å²) in [6.45, 7) is 1.94. The molecule has 1 aliphatic carbocycles. The van der Waals surface area contributed by atoms with Gasteiger partial charge in [-0.05, 0) is 43.0 Å². The SMILES string of the molecule is Cc1ccccc1CS(=O)(=O)N(c1ccccn1)C1CC1. The van der Waals surface area contributed by atoms with Gasteiger partial charge in [0.05, 0.1) is 5.75 Å². The van der Waals surface area contributed by atoms with Gasteiger partial charge in [0.1, 0.15) is 5.82 Å². The Labute approximate surface area is 125 Å². The van der Waals surface area contributed by atoms with E-state index in [-0.39, 0.29) is 11.8 Å². The van der Waals surface area contributed by atoms with Crippen molar-refractivity contribution in [1.29, 1.82) is 0 Å². The normalized spacial score (nSPS) is 14.9. The Morgan fingerprint density at radius 2 is 1.86 bits per heavy atom. The van der Waals surface area contributed by atoms with Crippen molar-refractivity contribution in [1.82, 2.24) is 4.98 Å². The molecule has 0 radical (unpaired) electrons. The van der Waals surface area contributed by atoms with Gasteiger partial charge in [-0.1, -0.05) is 30.3 Å². The van der Waals surface area contributed by atoms with Gasteiger partial charge in [0.25, 0.3) is 0 Å². The van der Waals surface area contributed by atoms with E-state index in [1.54, 1.807) is 18.3 Å². The summed E-state index contributed by atoms with van der Waals surface area (Å²) in [6.07, 6.45) is 3.45. The van der Waals surface area contributed by atoms with E-state index in [1.165, 1.54) is 4.31 Å². The molecule has 0 saturated heterocycles. The van der Waals surface area contributed by atoms with Gasteiger partial charge in [0.2, 0.25) is 10.0 Å². The molecule has 4 nitrogen and oxygen atoms in total. The fourth-order valence-electron chi connectivity index (χ4n) is 2.39. The molecule has 1 saturated carbocycles. The maximum absolute atomic E-state index is 12.8. The molecule has 0 atom stereocenters. The summed E-state index contributed by atoms with van der Waals surface area (Å²) < 4.78 is 27.1. The zero-order valence-corrected chi connectivity index (χ0v) is 12.8. The molecule has 0 N–H and O–H groups in total. The van der Waals surface area contributed by atoms with Gasteiger partial charge >= 0.3 is 0 Å². The van der Waals surface area contributed by atoms with E-state index in [0.29, 0.717) is 5.82 Å². The highest BCUT2D eigenvalue weighted by molar-refractivity contribution is 7.92. The molecule has 1 heterocycles. The lowest BCUT2D eigenvalue weighted by molar-refractivity contribution is 0.588. The standard InChI is InChI=1S/C16H18N2O2S/c1-13-6-2-3-7-14(13)12-21(19,20)18(15-9-10-15)16-8-4-5-11-17-16/h2-8,11,15H,9-10,12H2,1H3. The third kappa shape index (κ3) is 3.08. The summed E-state index contributed by atoms with van der Waals surface area (Å²) in [7, 11) is -3.42. The highest BCUT2D eigenvalue weighted by Crippen LogP contribution is 2.34. The van der Waals surface area contributed by atoms with E-state index in [2.05, 4.69) is 4.98 Å². The lowest BCUT2D eigenvalue weighted by Crippen LogP contribution is -2.34. The van der Waals surface area contributed by atoms with Crippen LogP contribution in [0.3, 0.4) is 0 Å². The van der Waals surface area contributed by atoms with E-state index in [9.17, 15) is 8.42 Å². The minimum Gasteiger partial charge on any atom is -0.250 e. The molecule has 0 unspecified atom stereocenters. The van der Waals surface area contributed by atoms with Gasteiger partial charge in [-0.25, -0.2) is 13.4 Å². The molecular formula is C16H18N2O2S. The molecular weight excluding hydrogens is 284 g/mol. The number of benzene rings is 1. The molecule has 21 heavy (non-hydrogen) atoms. The van der Waals surface area contributed by atoms with E-state index < -0.39 is 10.0 Å². The van der Waals surface area contributed by atoms with Crippen LogP contribution in [0.2, 0.25) is 0 Å². The molecule has 0 bridgehead atoms. The van der Waals surface area contributed by atoms with Crippen LogP contribution in [-0.4, -0.2) is 19.4 Å². The molecule has 1 fully saturated rings. The zero-order valence-electron chi connectivity index (χ0n) is 11.9. The summed E-state index contributed by atoms with van der Waals surface area (Å²) >= 11 is 0. The van der Waals surface area contributed by atoms with Crippen LogP contribution in [0.1, 0.15) is 24.0 Å². The Bertz CT molecular complexity index is 725. The molecule has 0 amide bonds. The van der Waals surface area contributed by atoms with E-state index in [0.717, 1.165) is 24.0 Å². The van der Waals surface area contributed by atoms with Crippen molar-refractivity contribution in [2.24, 2.45) is 0 Å². The Balaban J connectivity index is 1.94. The smallest absolute Gasteiger partial charge is 0.240 e. The Morgan fingerprint density at radius 1 is 1.14 bits per heavy atom. The second kappa shape index (κ2) is 5.48. The summed E-state index contributed by atoms with van der Waals surface area (Å²) in [5, 5.41) is 0. The van der Waals surface area contributed by atoms with Crippen LogP contribution in [0.15, 0.2) is 48.7 Å². The maximum atomic E-state index is 12.8. The summed E-state index contributed by atoms with van der Waals surface area (Å²) in [6, 6.07) is 13.0. The first-order valence-electron chi connectivity index (χ1n) is 7.05. The van der Waals surface area contributed by atoms with Crippen LogP contribution in [0.4, 0.5) is 5.82 Å². The second-order valence-corrected chi connectivity index (χ2v) is 7.24. The number of sulfonamides is 1. The third-order valence-electron chi connectivity index (χ3n) is 3.65. The van der Waals surface area contributed by atoms with Gasteiger partial charge in [-0.3, -0.25) is 4.31 Å². The van der Waals surface area contributed by atoms with E-state index in [1.807, 2.05) is 37.3 Å². The van der Waals surface area contributed by atoms with Crippen molar-refractivity contribution in [2.75, 3.05) is 4.31 Å². The lowest BCUT2D eigenvalue weighted by Gasteiger charge is -2.23. The highest BCUT2D eigenvalue weighted by atomic mass is 32.2. The molecule has 5 heteroatoms. The van der Waals surface area contributed by atoms with Crippen molar-refractivity contribution in [3.05, 3.63) is 59.8 Å². The molecule has 110 valence electrons. The van der Waals surface area contributed by atoms with Crippen molar-refractivity contribution in [2.45, 2.75) is 31.6 Å². The third-order valence-corrected chi connectivity index (χ3v) is 5.41. The average Bonchev–Trinajstić information content (AvgIpc) is 3.27. The largest absolute Gasteiger partial charge is 0.250 e. The van der Waals surface area contributed by atoms with E-state index in [4.69, 9.17) is 0 Å². The fourth-order valence-corrected chi connectivity index (χ4v) is 4.30. The van der Waals surface area contributed by atoms with Crippen LogP contribution >= 0.6 is 0 Å². The molecule has 3 rings (SSSR count).